The molecule has 1 aliphatic carbocycles. The molecule has 0 unspecified atom stereocenters. The summed E-state index contributed by atoms with van der Waals surface area (Å²) in [6, 6.07) is 0. The van der Waals surface area contributed by atoms with Gasteiger partial charge in [0.2, 0.25) is 0 Å². The van der Waals surface area contributed by atoms with Crippen molar-refractivity contribution in [3.05, 3.63) is 11.1 Å². The maximum atomic E-state index is 11.4. The molecule has 0 spiro atoms. The van der Waals surface area contributed by atoms with Crippen LogP contribution in [0.1, 0.15) is 58.8 Å². The van der Waals surface area contributed by atoms with Crippen LogP contribution in [-0.4, -0.2) is 5.78 Å². The molecule has 13 heavy (non-hydrogen) atoms. The highest BCUT2D eigenvalue weighted by Gasteiger charge is 2.18. The van der Waals surface area contributed by atoms with Crippen LogP contribution in [0.25, 0.3) is 0 Å². The molecular formula is C12H20O. The van der Waals surface area contributed by atoms with Gasteiger partial charge in [-0.15, -0.1) is 0 Å². The van der Waals surface area contributed by atoms with E-state index in [1.54, 1.807) is 0 Å². The van der Waals surface area contributed by atoms with E-state index in [0.717, 1.165) is 24.8 Å². The summed E-state index contributed by atoms with van der Waals surface area (Å²) < 4.78 is 0. The Hall–Kier alpha value is -0.590. The zero-order chi connectivity index (χ0) is 9.68. The molecule has 0 saturated heterocycles. The van der Waals surface area contributed by atoms with E-state index in [4.69, 9.17) is 0 Å². The summed E-state index contributed by atoms with van der Waals surface area (Å²) in [7, 11) is 0. The lowest BCUT2D eigenvalue weighted by molar-refractivity contribution is -0.115. The van der Waals surface area contributed by atoms with Crippen LogP contribution < -0.4 is 0 Å². The van der Waals surface area contributed by atoms with Gasteiger partial charge in [0.1, 0.15) is 0 Å². The fraction of sp³-hybridized carbons (Fsp3) is 0.750. The van der Waals surface area contributed by atoms with Crippen molar-refractivity contribution >= 4 is 5.78 Å². The minimum absolute atomic E-state index is 0.411. The molecule has 0 aromatic rings. The second-order valence-corrected chi connectivity index (χ2v) is 3.99. The molecule has 0 fully saturated rings. The molecular weight excluding hydrogens is 160 g/mol. The zero-order valence-corrected chi connectivity index (χ0v) is 8.86. The van der Waals surface area contributed by atoms with Gasteiger partial charge in [0.15, 0.2) is 5.78 Å². The summed E-state index contributed by atoms with van der Waals surface area (Å²) in [5, 5.41) is 0. The van der Waals surface area contributed by atoms with Crippen LogP contribution >= 0.6 is 0 Å². The van der Waals surface area contributed by atoms with Gasteiger partial charge < -0.3 is 0 Å². The summed E-state index contributed by atoms with van der Waals surface area (Å²) >= 11 is 0. The highest BCUT2D eigenvalue weighted by molar-refractivity contribution is 5.98. The zero-order valence-electron chi connectivity index (χ0n) is 8.86. The molecule has 1 nitrogen and oxygen atoms in total. The van der Waals surface area contributed by atoms with Crippen molar-refractivity contribution in [3.8, 4) is 0 Å². The van der Waals surface area contributed by atoms with Crippen molar-refractivity contribution < 1.29 is 4.79 Å². The Morgan fingerprint density at radius 2 is 1.92 bits per heavy atom. The summed E-state index contributed by atoms with van der Waals surface area (Å²) in [5.74, 6) is 0.411. The molecule has 0 heterocycles. The monoisotopic (exact) mass is 180 g/mol. The molecule has 1 heteroatoms. The van der Waals surface area contributed by atoms with Crippen molar-refractivity contribution in [2.24, 2.45) is 0 Å². The smallest absolute Gasteiger partial charge is 0.159 e. The highest BCUT2D eigenvalue weighted by Crippen LogP contribution is 2.26. The van der Waals surface area contributed by atoms with Crippen LogP contribution in [0.5, 0.6) is 0 Å². The van der Waals surface area contributed by atoms with E-state index >= 15 is 0 Å². The predicted molar refractivity (Wildman–Crippen MR) is 55.7 cm³/mol. The lowest BCUT2D eigenvalue weighted by atomic mass is 10.0. The van der Waals surface area contributed by atoms with Gasteiger partial charge in [0.05, 0.1) is 0 Å². The number of rotatable bonds is 5. The van der Waals surface area contributed by atoms with Crippen LogP contribution in [0.15, 0.2) is 11.1 Å². The van der Waals surface area contributed by atoms with Crippen molar-refractivity contribution in [2.45, 2.75) is 58.8 Å². The van der Waals surface area contributed by atoms with Gasteiger partial charge in [-0.2, -0.15) is 0 Å². The molecule has 74 valence electrons. The van der Waals surface area contributed by atoms with E-state index in [9.17, 15) is 4.79 Å². The van der Waals surface area contributed by atoms with Gasteiger partial charge >= 0.3 is 0 Å². The topological polar surface area (TPSA) is 17.1 Å². The summed E-state index contributed by atoms with van der Waals surface area (Å²) in [6.07, 6.45) is 7.88. The molecule has 0 amide bonds. The average Bonchev–Trinajstić information content (AvgIpc) is 2.42. The molecule has 0 radical (unpaired) electrons. The fourth-order valence-electron chi connectivity index (χ4n) is 1.92. The van der Waals surface area contributed by atoms with Crippen molar-refractivity contribution in [1.29, 1.82) is 0 Å². The lowest BCUT2D eigenvalue weighted by Crippen LogP contribution is -1.96. The Morgan fingerprint density at radius 3 is 2.46 bits per heavy atom. The van der Waals surface area contributed by atoms with Crippen LogP contribution in [0.3, 0.4) is 0 Å². The van der Waals surface area contributed by atoms with Gasteiger partial charge in [0.25, 0.3) is 0 Å². The van der Waals surface area contributed by atoms with Gasteiger partial charge in [-0.05, 0) is 31.8 Å². The molecule has 0 saturated carbocycles. The quantitative estimate of drug-likeness (QED) is 0.590. The second kappa shape index (κ2) is 5.21. The predicted octanol–water partition coefficient (Wildman–Crippen LogP) is 3.64. The van der Waals surface area contributed by atoms with E-state index < -0.39 is 0 Å². The largest absolute Gasteiger partial charge is 0.295 e. The van der Waals surface area contributed by atoms with Crippen LogP contribution in [0, 0.1) is 0 Å². The fourth-order valence-corrected chi connectivity index (χ4v) is 1.92. The third-order valence-electron chi connectivity index (χ3n) is 2.86. The number of ketones is 1. The Kier molecular flexibility index (Phi) is 4.20. The van der Waals surface area contributed by atoms with Gasteiger partial charge in [-0.3, -0.25) is 4.79 Å². The third kappa shape index (κ3) is 2.98. The van der Waals surface area contributed by atoms with Crippen molar-refractivity contribution in [2.75, 3.05) is 0 Å². The molecule has 0 bridgehead atoms. The summed E-state index contributed by atoms with van der Waals surface area (Å²) in [4.78, 5) is 11.4. The molecule has 0 aromatic carbocycles. The van der Waals surface area contributed by atoms with Gasteiger partial charge in [-0.25, -0.2) is 0 Å². The summed E-state index contributed by atoms with van der Waals surface area (Å²) in [6.45, 7) is 4.32. The van der Waals surface area contributed by atoms with E-state index in [0.29, 0.717) is 5.78 Å². The molecule has 0 atom stereocenters. The van der Waals surface area contributed by atoms with Crippen LogP contribution in [-0.2, 0) is 4.79 Å². The first-order valence-corrected chi connectivity index (χ1v) is 5.47. The maximum Gasteiger partial charge on any atom is 0.159 e. The first-order chi connectivity index (χ1) is 6.25. The number of hydrogen-bond acceptors (Lipinski definition) is 1. The average molecular weight is 180 g/mol. The van der Waals surface area contributed by atoms with Gasteiger partial charge in [0, 0.05) is 6.42 Å². The van der Waals surface area contributed by atoms with Crippen LogP contribution in [0.4, 0.5) is 0 Å². The lowest BCUT2D eigenvalue weighted by Gasteiger charge is -2.01. The molecule has 1 aliphatic rings. The second-order valence-electron chi connectivity index (χ2n) is 3.99. The Morgan fingerprint density at radius 1 is 1.15 bits per heavy atom. The van der Waals surface area contributed by atoms with E-state index in [1.807, 2.05) is 0 Å². The van der Waals surface area contributed by atoms with E-state index in [1.165, 1.54) is 31.3 Å². The Bertz CT molecular complexity index is 213. The normalized spacial score (nSPS) is 17.2. The minimum Gasteiger partial charge on any atom is -0.295 e. The number of allylic oxidation sites excluding steroid dienone is 2. The molecule has 1 rings (SSSR count). The van der Waals surface area contributed by atoms with Gasteiger partial charge in [-0.1, -0.05) is 31.8 Å². The number of hydrogen-bond donors (Lipinski definition) is 0. The first kappa shape index (κ1) is 10.5. The first-order valence-electron chi connectivity index (χ1n) is 5.47. The number of unbranched alkanes of at least 4 members (excludes halogenated alkanes) is 3. The maximum absolute atomic E-state index is 11.4. The molecule has 0 aliphatic heterocycles. The Labute approximate surface area is 81.2 Å². The third-order valence-corrected chi connectivity index (χ3v) is 2.86. The van der Waals surface area contributed by atoms with E-state index in [-0.39, 0.29) is 0 Å². The number of carbonyl (C=O) groups is 1. The Balaban J connectivity index is 2.27. The molecule has 0 aromatic heterocycles. The minimum atomic E-state index is 0.411. The number of Topliss-reactive ketones (excluding diaryl/α,β-unsaturated/α-hetero) is 1. The highest BCUT2D eigenvalue weighted by atomic mass is 16.1. The summed E-state index contributed by atoms with van der Waals surface area (Å²) in [5.41, 5.74) is 2.50. The standard InChI is InChI=1S/C12H20O/c1-3-4-5-6-7-11-10(2)8-9-12(11)13/h3-9H2,1-2H3. The molecule has 0 N–H and O–H groups in total. The van der Waals surface area contributed by atoms with E-state index in [2.05, 4.69) is 13.8 Å². The van der Waals surface area contributed by atoms with Crippen molar-refractivity contribution in [3.63, 3.8) is 0 Å². The van der Waals surface area contributed by atoms with Crippen LogP contribution in [0.2, 0.25) is 0 Å². The van der Waals surface area contributed by atoms with Crippen molar-refractivity contribution in [1.82, 2.24) is 0 Å². The SMILES string of the molecule is CCCCCCC1=C(C)CCC1=O. The number of carbonyl (C=O) groups excluding carboxylic acids is 1.